The number of hydrogen-bond donors (Lipinski definition) is 2. The van der Waals surface area contributed by atoms with Gasteiger partial charge in [0.15, 0.2) is 0 Å². The Bertz CT molecular complexity index is 1820. The highest BCUT2D eigenvalue weighted by atomic mass is 32.1. The molecular formula is C48H76N6O3S. The lowest BCUT2D eigenvalue weighted by Gasteiger charge is -2.24. The summed E-state index contributed by atoms with van der Waals surface area (Å²) in [5, 5.41) is 9.19. The molecule has 4 aromatic rings. The van der Waals surface area contributed by atoms with Crippen LogP contribution in [-0.2, 0) is 33.8 Å². The van der Waals surface area contributed by atoms with E-state index in [4.69, 9.17) is 9.97 Å². The highest BCUT2D eigenvalue weighted by Gasteiger charge is 2.27. The van der Waals surface area contributed by atoms with Crippen LogP contribution < -0.4 is 10.7 Å². The summed E-state index contributed by atoms with van der Waals surface area (Å²) in [6, 6.07) is 10.4. The molecule has 0 saturated carbocycles. The van der Waals surface area contributed by atoms with Crippen LogP contribution in [0.25, 0.3) is 33.4 Å². The summed E-state index contributed by atoms with van der Waals surface area (Å²) >= 11 is 1.53. The van der Waals surface area contributed by atoms with Crippen LogP contribution in [0.5, 0.6) is 0 Å². The van der Waals surface area contributed by atoms with E-state index in [-0.39, 0.29) is 23.2 Å². The number of benzene rings is 1. The monoisotopic (exact) mass is 817 g/mol. The van der Waals surface area contributed by atoms with Crippen LogP contribution >= 0.6 is 11.3 Å². The van der Waals surface area contributed by atoms with Gasteiger partial charge in [-0.1, -0.05) is 95.1 Å². The third-order valence-corrected chi connectivity index (χ3v) is 11.7. The first-order valence-corrected chi connectivity index (χ1v) is 22.8. The van der Waals surface area contributed by atoms with E-state index in [1.165, 1.54) is 58.4 Å². The number of carbonyl (C=O) groups is 3. The summed E-state index contributed by atoms with van der Waals surface area (Å²) < 4.78 is 2.45. The molecule has 58 heavy (non-hydrogen) atoms. The summed E-state index contributed by atoms with van der Waals surface area (Å²) in [6.45, 7) is 28.8. The van der Waals surface area contributed by atoms with Gasteiger partial charge in [0.25, 0.3) is 0 Å². The van der Waals surface area contributed by atoms with Crippen LogP contribution in [0.3, 0.4) is 0 Å². The van der Waals surface area contributed by atoms with Crippen molar-refractivity contribution in [2.24, 2.45) is 17.3 Å². The molecule has 1 saturated heterocycles. The number of aromatic nitrogens is 3. The summed E-state index contributed by atoms with van der Waals surface area (Å²) in [7, 11) is 2.08. The maximum absolute atomic E-state index is 12.6. The third-order valence-electron chi connectivity index (χ3n) is 10.9. The molecule has 2 N–H and O–H groups in total. The molecule has 322 valence electrons. The van der Waals surface area contributed by atoms with E-state index in [9.17, 15) is 14.4 Å². The van der Waals surface area contributed by atoms with Crippen LogP contribution in [0, 0.1) is 17.3 Å². The number of nitrogens with one attached hydrogen (secondary N) is 2. The van der Waals surface area contributed by atoms with Gasteiger partial charge >= 0.3 is 0 Å². The van der Waals surface area contributed by atoms with Gasteiger partial charge in [-0.2, -0.15) is 0 Å². The highest BCUT2D eigenvalue weighted by Crippen LogP contribution is 2.42. The normalized spacial score (nSPS) is 14.1. The number of aldehydes is 2. The van der Waals surface area contributed by atoms with Crippen molar-refractivity contribution in [2.45, 2.75) is 153 Å². The maximum Gasteiger partial charge on any atom is 0.223 e. The van der Waals surface area contributed by atoms with Crippen molar-refractivity contribution < 1.29 is 14.4 Å². The molecule has 0 bridgehead atoms. The number of amides is 1. The second-order valence-corrected chi connectivity index (χ2v) is 17.5. The predicted octanol–water partition coefficient (Wildman–Crippen LogP) is 11.1. The minimum absolute atomic E-state index is 0.0951. The van der Waals surface area contributed by atoms with E-state index in [2.05, 4.69) is 105 Å². The van der Waals surface area contributed by atoms with Crippen molar-refractivity contribution in [2.75, 3.05) is 20.1 Å². The number of fused-ring (bicyclic) bond motifs is 1. The molecule has 5 rings (SSSR count). The molecule has 2 unspecified atom stereocenters. The lowest BCUT2D eigenvalue weighted by atomic mass is 9.81. The number of unbranched alkanes of at least 4 members (excludes halogenated alkanes) is 2. The lowest BCUT2D eigenvalue weighted by Crippen LogP contribution is -2.41. The largest absolute Gasteiger partial charge is 0.346 e. The molecule has 0 spiro atoms. The van der Waals surface area contributed by atoms with Crippen molar-refractivity contribution >= 4 is 40.7 Å². The second kappa shape index (κ2) is 25.7. The van der Waals surface area contributed by atoms with Crippen LogP contribution in [0.15, 0.2) is 41.9 Å². The Morgan fingerprint density at radius 2 is 1.78 bits per heavy atom. The smallest absolute Gasteiger partial charge is 0.223 e. The first-order chi connectivity index (χ1) is 27.7. The zero-order valence-electron chi connectivity index (χ0n) is 38.2. The van der Waals surface area contributed by atoms with Gasteiger partial charge < -0.3 is 19.5 Å². The first kappa shape index (κ1) is 50.4. The molecule has 0 radical (unpaired) electrons. The quantitative estimate of drug-likeness (QED) is 0.0856. The van der Waals surface area contributed by atoms with Crippen molar-refractivity contribution in [1.82, 2.24) is 30.3 Å². The summed E-state index contributed by atoms with van der Waals surface area (Å²) in [5.41, 5.74) is 11.5. The zero-order valence-corrected chi connectivity index (χ0v) is 39.0. The van der Waals surface area contributed by atoms with Crippen LogP contribution in [0.1, 0.15) is 144 Å². The standard InChI is InChI=1S/C36H48N4O2S.C5H12N2.C5H10O.C2H6/c1-10-36(8,9)19-29-28-17-25(30-21-43-32(39-30)18-26(20-41)38-35(42)24(7)22(3)4)14-15-31(28)40(11-2)34(29)27-13-12-16-37-33(27)23(5)6;1-7-5-3-2-4-6-7;1-2-3-4-5-6;1-2/h12-17,20-24,26H,10-11,18-19H2,1-9H3,(H,38,42);6H,2-5H2,1H3;5H,2-4H2,1H3;1-2H3. The molecule has 4 heterocycles. The van der Waals surface area contributed by atoms with Crippen LogP contribution in [0.4, 0.5) is 0 Å². The molecule has 10 heteroatoms. The summed E-state index contributed by atoms with van der Waals surface area (Å²) in [6.07, 6.45) is 11.7. The number of thiazole rings is 1. The molecule has 0 aliphatic carbocycles. The summed E-state index contributed by atoms with van der Waals surface area (Å²) in [5.74, 6) is 0.266. The lowest BCUT2D eigenvalue weighted by molar-refractivity contribution is -0.128. The molecule has 9 nitrogen and oxygen atoms in total. The van der Waals surface area contributed by atoms with Crippen LogP contribution in [0.2, 0.25) is 0 Å². The van der Waals surface area contributed by atoms with Crippen molar-refractivity contribution in [3.05, 3.63) is 58.2 Å². The predicted molar refractivity (Wildman–Crippen MR) is 246 cm³/mol. The third kappa shape index (κ3) is 14.8. The van der Waals surface area contributed by atoms with E-state index in [0.717, 1.165) is 79.7 Å². The maximum atomic E-state index is 12.6. The zero-order chi connectivity index (χ0) is 43.4. The minimum atomic E-state index is -0.589. The molecule has 1 amide bonds. The number of carbonyl (C=O) groups excluding carboxylic acids is 3. The number of pyridine rings is 1. The van der Waals surface area contributed by atoms with E-state index >= 15 is 0 Å². The number of nitrogens with zero attached hydrogens (tertiary/aromatic N) is 4. The van der Waals surface area contributed by atoms with E-state index in [0.29, 0.717) is 12.3 Å². The average Bonchev–Trinajstić information content (AvgIpc) is 3.82. The Morgan fingerprint density at radius 3 is 2.29 bits per heavy atom. The van der Waals surface area contributed by atoms with Gasteiger partial charge in [-0.05, 0) is 79.7 Å². The minimum Gasteiger partial charge on any atom is -0.346 e. The molecular weight excluding hydrogens is 741 g/mol. The second-order valence-electron chi connectivity index (χ2n) is 16.5. The topological polar surface area (TPSA) is 109 Å². The molecule has 1 aliphatic rings. The van der Waals surface area contributed by atoms with E-state index in [1.807, 2.05) is 46.9 Å². The van der Waals surface area contributed by atoms with E-state index in [1.54, 1.807) is 0 Å². The van der Waals surface area contributed by atoms with Gasteiger partial charge in [0.1, 0.15) is 12.6 Å². The fourth-order valence-corrected chi connectivity index (χ4v) is 7.53. The van der Waals surface area contributed by atoms with Crippen LogP contribution in [-0.4, -0.2) is 64.2 Å². The number of aryl methyl sites for hydroxylation is 1. The fourth-order valence-electron chi connectivity index (χ4n) is 6.67. The number of hydrazine groups is 1. The van der Waals surface area contributed by atoms with Gasteiger partial charge in [-0.25, -0.2) is 9.99 Å². The van der Waals surface area contributed by atoms with Gasteiger partial charge in [0, 0.05) is 79.0 Å². The Kier molecular flexibility index (Phi) is 22.3. The van der Waals surface area contributed by atoms with Gasteiger partial charge in [-0.15, -0.1) is 11.3 Å². The molecule has 3 aromatic heterocycles. The number of hydrogen-bond acceptors (Lipinski definition) is 8. The summed E-state index contributed by atoms with van der Waals surface area (Å²) in [4.78, 5) is 43.7. The van der Waals surface area contributed by atoms with Gasteiger partial charge in [-0.3, -0.25) is 15.2 Å². The SMILES string of the molecule is CC.CCCCC=O.CCn1c(-c2cccnc2C(C)C)c(CC(C)(C)CC)c2cc(-c3csc(CC(C=O)NC(=O)C(C)C(C)C)n3)ccc21.CN1CCCCN1. The van der Waals surface area contributed by atoms with E-state index < -0.39 is 6.04 Å². The Balaban J connectivity index is 0.000000653. The Labute approximate surface area is 355 Å². The number of rotatable bonds is 16. The molecule has 2 atom stereocenters. The highest BCUT2D eigenvalue weighted by molar-refractivity contribution is 7.10. The van der Waals surface area contributed by atoms with Crippen molar-refractivity contribution in [3.8, 4) is 22.5 Å². The Morgan fingerprint density at radius 1 is 1.05 bits per heavy atom. The van der Waals surface area contributed by atoms with Crippen molar-refractivity contribution in [1.29, 1.82) is 0 Å². The fraction of sp³-hybridized carbons (Fsp3) is 0.604. The van der Waals surface area contributed by atoms with Crippen molar-refractivity contribution in [3.63, 3.8) is 0 Å². The molecule has 1 aliphatic heterocycles. The molecule has 1 fully saturated rings. The Hall–Kier alpha value is -3.73. The molecule has 1 aromatic carbocycles. The van der Waals surface area contributed by atoms with Gasteiger partial charge in [0.2, 0.25) is 5.91 Å². The van der Waals surface area contributed by atoms with Gasteiger partial charge in [0.05, 0.1) is 28.1 Å². The first-order valence-electron chi connectivity index (χ1n) is 21.9. The average molecular weight is 817 g/mol.